The van der Waals surface area contributed by atoms with Crippen molar-refractivity contribution in [1.82, 2.24) is 24.9 Å². The van der Waals surface area contributed by atoms with Crippen LogP contribution < -0.4 is 10.6 Å². The van der Waals surface area contributed by atoms with Crippen molar-refractivity contribution in [3.05, 3.63) is 65.5 Å². The first-order chi connectivity index (χ1) is 12.7. The van der Waals surface area contributed by atoms with E-state index >= 15 is 0 Å². The number of nitrogens with one attached hydrogen (secondary N) is 2. The van der Waals surface area contributed by atoms with Crippen LogP contribution in [0.1, 0.15) is 21.7 Å². The third kappa shape index (κ3) is 2.83. The maximum absolute atomic E-state index is 11.6. The number of carbonyl (C=O) groups excluding carboxylic acids is 1. The molecule has 0 saturated heterocycles. The van der Waals surface area contributed by atoms with Gasteiger partial charge in [-0.15, -0.1) is 5.10 Å². The third-order valence-corrected chi connectivity index (χ3v) is 4.18. The zero-order valence-electron chi connectivity index (χ0n) is 14.5. The second kappa shape index (κ2) is 6.44. The van der Waals surface area contributed by atoms with Crippen molar-refractivity contribution in [3.63, 3.8) is 0 Å². The van der Waals surface area contributed by atoms with Crippen LogP contribution in [0.5, 0.6) is 0 Å². The molecule has 0 bridgehead atoms. The highest BCUT2D eigenvalue weighted by Crippen LogP contribution is 2.20. The molecule has 2 N–H and O–H groups in total. The Labute approximate surface area is 150 Å². The van der Waals surface area contributed by atoms with Crippen LogP contribution in [0.2, 0.25) is 0 Å². The van der Waals surface area contributed by atoms with Gasteiger partial charge < -0.3 is 10.6 Å². The van der Waals surface area contributed by atoms with Crippen LogP contribution in [0.3, 0.4) is 0 Å². The summed E-state index contributed by atoms with van der Waals surface area (Å²) >= 11 is 0. The van der Waals surface area contributed by atoms with E-state index in [9.17, 15) is 4.79 Å². The largest absolute Gasteiger partial charge is 0.355 e. The molecule has 26 heavy (non-hydrogen) atoms. The molecule has 0 fully saturated rings. The summed E-state index contributed by atoms with van der Waals surface area (Å²) in [6, 6.07) is 15.3. The molecule has 1 amide bonds. The molecule has 0 aliphatic rings. The number of para-hydroxylation sites is 1. The molecule has 7 heteroatoms. The molecular formula is C19H18N6O. The lowest BCUT2D eigenvalue weighted by Crippen LogP contribution is -2.17. The average molecular weight is 346 g/mol. The number of aromatic nitrogens is 4. The molecule has 0 saturated carbocycles. The first-order valence-electron chi connectivity index (χ1n) is 8.33. The Morgan fingerprint density at radius 2 is 1.85 bits per heavy atom. The number of fused-ring (bicyclic) bond motifs is 3. The summed E-state index contributed by atoms with van der Waals surface area (Å²) in [5.74, 6) is 1.23. The summed E-state index contributed by atoms with van der Waals surface area (Å²) in [5, 5.41) is 11.4. The fraction of sp³-hybridized carbons (Fsp3) is 0.158. The molecule has 0 aliphatic heterocycles. The SMILES string of the molecule is CNC(=O)c1ccc(CNc2nc3ccccc3c3nc(C)nn23)cc1. The predicted octanol–water partition coefficient (Wildman–Crippen LogP) is 2.56. The van der Waals surface area contributed by atoms with Crippen LogP contribution in [-0.2, 0) is 6.54 Å². The number of amides is 1. The maximum atomic E-state index is 11.6. The number of anilines is 1. The Kier molecular flexibility index (Phi) is 3.96. The quantitative estimate of drug-likeness (QED) is 0.593. The Balaban J connectivity index is 1.65. The molecule has 0 spiro atoms. The van der Waals surface area contributed by atoms with E-state index in [4.69, 9.17) is 0 Å². The van der Waals surface area contributed by atoms with E-state index in [1.54, 1.807) is 23.7 Å². The van der Waals surface area contributed by atoms with Gasteiger partial charge in [0.1, 0.15) is 5.82 Å². The first-order valence-corrected chi connectivity index (χ1v) is 8.33. The molecule has 7 nitrogen and oxygen atoms in total. The van der Waals surface area contributed by atoms with Gasteiger partial charge in [-0.1, -0.05) is 24.3 Å². The number of aryl methyl sites for hydroxylation is 1. The minimum absolute atomic E-state index is 0.0968. The standard InChI is InChI=1S/C19H18N6O/c1-12-22-17-15-5-3-4-6-16(15)23-19(25(17)24-12)21-11-13-7-9-14(10-8-13)18(26)20-2/h3-10H,11H2,1-2H3,(H,20,26)(H,21,23). The highest BCUT2D eigenvalue weighted by atomic mass is 16.1. The molecule has 130 valence electrons. The van der Waals surface area contributed by atoms with Crippen molar-refractivity contribution in [2.24, 2.45) is 0 Å². The van der Waals surface area contributed by atoms with Crippen molar-refractivity contribution < 1.29 is 4.79 Å². The monoisotopic (exact) mass is 346 g/mol. The minimum atomic E-state index is -0.0968. The van der Waals surface area contributed by atoms with Gasteiger partial charge in [0.25, 0.3) is 5.91 Å². The van der Waals surface area contributed by atoms with Crippen LogP contribution in [0, 0.1) is 6.92 Å². The fourth-order valence-corrected chi connectivity index (χ4v) is 2.87. The van der Waals surface area contributed by atoms with Crippen molar-refractivity contribution in [3.8, 4) is 0 Å². The van der Waals surface area contributed by atoms with E-state index < -0.39 is 0 Å². The molecule has 0 atom stereocenters. The maximum Gasteiger partial charge on any atom is 0.251 e. The van der Waals surface area contributed by atoms with Gasteiger partial charge in [0.2, 0.25) is 5.95 Å². The summed E-state index contributed by atoms with van der Waals surface area (Å²) < 4.78 is 1.73. The molecule has 2 aromatic heterocycles. The van der Waals surface area contributed by atoms with Crippen LogP contribution in [0.4, 0.5) is 5.95 Å². The molecule has 4 rings (SSSR count). The average Bonchev–Trinajstić information content (AvgIpc) is 3.08. The fourth-order valence-electron chi connectivity index (χ4n) is 2.87. The van der Waals surface area contributed by atoms with Gasteiger partial charge in [-0.3, -0.25) is 4.79 Å². The zero-order valence-corrected chi connectivity index (χ0v) is 14.5. The van der Waals surface area contributed by atoms with Crippen LogP contribution in [-0.4, -0.2) is 32.5 Å². The van der Waals surface area contributed by atoms with E-state index in [1.165, 1.54) is 0 Å². The van der Waals surface area contributed by atoms with E-state index in [-0.39, 0.29) is 5.91 Å². The van der Waals surface area contributed by atoms with Gasteiger partial charge in [0, 0.05) is 24.5 Å². The van der Waals surface area contributed by atoms with Crippen LogP contribution in [0.25, 0.3) is 16.6 Å². The first kappa shape index (κ1) is 16.0. The summed E-state index contributed by atoms with van der Waals surface area (Å²) in [5.41, 5.74) is 3.32. The topological polar surface area (TPSA) is 84.2 Å². The molecule has 0 unspecified atom stereocenters. The number of benzene rings is 2. The Morgan fingerprint density at radius 1 is 1.08 bits per heavy atom. The number of nitrogens with zero attached hydrogens (tertiary/aromatic N) is 4. The highest BCUT2D eigenvalue weighted by molar-refractivity contribution is 5.94. The Bertz CT molecular complexity index is 1100. The van der Waals surface area contributed by atoms with Crippen LogP contribution in [0.15, 0.2) is 48.5 Å². The molecule has 0 aliphatic carbocycles. The second-order valence-electron chi connectivity index (χ2n) is 5.98. The summed E-state index contributed by atoms with van der Waals surface area (Å²) in [4.78, 5) is 20.8. The van der Waals surface area contributed by atoms with E-state index in [1.807, 2.05) is 43.3 Å². The summed E-state index contributed by atoms with van der Waals surface area (Å²) in [6.45, 7) is 2.43. The van der Waals surface area contributed by atoms with Crippen molar-refractivity contribution in [2.75, 3.05) is 12.4 Å². The van der Waals surface area contributed by atoms with Gasteiger partial charge in [-0.25, -0.2) is 9.97 Å². The minimum Gasteiger partial charge on any atom is -0.355 e. The van der Waals surface area contributed by atoms with Gasteiger partial charge >= 0.3 is 0 Å². The van der Waals surface area contributed by atoms with E-state index in [0.717, 1.165) is 22.1 Å². The van der Waals surface area contributed by atoms with Crippen molar-refractivity contribution >= 4 is 28.4 Å². The van der Waals surface area contributed by atoms with Crippen molar-refractivity contribution in [1.29, 1.82) is 0 Å². The lowest BCUT2D eigenvalue weighted by Gasteiger charge is -2.09. The van der Waals surface area contributed by atoms with Gasteiger partial charge in [-0.05, 0) is 36.8 Å². The molecule has 2 aromatic carbocycles. The molecular weight excluding hydrogens is 328 g/mol. The summed E-state index contributed by atoms with van der Waals surface area (Å²) in [6.07, 6.45) is 0. The normalized spacial score (nSPS) is 11.0. The molecule has 4 aromatic rings. The number of hydrogen-bond acceptors (Lipinski definition) is 5. The zero-order chi connectivity index (χ0) is 18.1. The smallest absolute Gasteiger partial charge is 0.251 e. The molecule has 2 heterocycles. The predicted molar refractivity (Wildman–Crippen MR) is 100 cm³/mol. The Morgan fingerprint density at radius 3 is 2.62 bits per heavy atom. The summed E-state index contributed by atoms with van der Waals surface area (Å²) in [7, 11) is 1.62. The van der Waals surface area contributed by atoms with Gasteiger partial charge in [0.05, 0.1) is 5.52 Å². The van der Waals surface area contributed by atoms with Gasteiger partial charge in [-0.2, -0.15) is 4.52 Å². The van der Waals surface area contributed by atoms with Crippen LogP contribution >= 0.6 is 0 Å². The second-order valence-corrected chi connectivity index (χ2v) is 5.98. The van der Waals surface area contributed by atoms with Gasteiger partial charge in [0.15, 0.2) is 5.65 Å². The lowest BCUT2D eigenvalue weighted by atomic mass is 10.1. The number of rotatable bonds is 4. The lowest BCUT2D eigenvalue weighted by molar-refractivity contribution is 0.0963. The molecule has 0 radical (unpaired) electrons. The highest BCUT2D eigenvalue weighted by Gasteiger charge is 2.11. The van der Waals surface area contributed by atoms with E-state index in [0.29, 0.717) is 23.9 Å². The third-order valence-electron chi connectivity index (χ3n) is 4.18. The van der Waals surface area contributed by atoms with E-state index in [2.05, 4.69) is 25.7 Å². The van der Waals surface area contributed by atoms with Crippen molar-refractivity contribution in [2.45, 2.75) is 13.5 Å². The Hall–Kier alpha value is -3.48. The number of hydrogen-bond donors (Lipinski definition) is 2. The number of carbonyl (C=O) groups is 1.